The summed E-state index contributed by atoms with van der Waals surface area (Å²) in [4.78, 5) is 26.0. The van der Waals surface area contributed by atoms with Gasteiger partial charge in [-0.15, -0.1) is 28.1 Å². The van der Waals surface area contributed by atoms with E-state index in [-0.39, 0.29) is 24.4 Å². The van der Waals surface area contributed by atoms with Crippen LogP contribution in [0, 0.1) is 0 Å². The summed E-state index contributed by atoms with van der Waals surface area (Å²) in [7, 11) is 0. The Morgan fingerprint density at radius 2 is 2.03 bits per heavy atom. The highest BCUT2D eigenvalue weighted by Crippen LogP contribution is 2.30. The fourth-order valence-corrected chi connectivity index (χ4v) is 5.16. The Morgan fingerprint density at radius 1 is 1.29 bits per heavy atom. The second-order valence-corrected chi connectivity index (χ2v) is 10.3. The van der Waals surface area contributed by atoms with Crippen LogP contribution in [0.3, 0.4) is 0 Å². The van der Waals surface area contributed by atoms with E-state index in [1.807, 2.05) is 42.7 Å². The molecule has 0 saturated heterocycles. The zero-order valence-corrected chi connectivity index (χ0v) is 23.0. The summed E-state index contributed by atoms with van der Waals surface area (Å²) < 4.78 is 14.0. The average Bonchev–Trinajstić information content (AvgIpc) is 3.43. The summed E-state index contributed by atoms with van der Waals surface area (Å²) in [6.45, 7) is 10.2. The summed E-state index contributed by atoms with van der Waals surface area (Å²) >= 11 is 6.04. The van der Waals surface area contributed by atoms with E-state index in [0.29, 0.717) is 33.8 Å². The number of anilines is 1. The Bertz CT molecular complexity index is 1180. The van der Waals surface area contributed by atoms with Crippen LogP contribution in [0.5, 0.6) is 5.75 Å². The zero-order valence-electron chi connectivity index (χ0n) is 19.7. The second-order valence-electron chi connectivity index (χ2n) is 7.32. The monoisotopic (exact) mass is 578 g/mol. The van der Waals surface area contributed by atoms with Crippen molar-refractivity contribution in [3.05, 3.63) is 63.7 Å². The molecule has 1 unspecified atom stereocenters. The van der Waals surface area contributed by atoms with Gasteiger partial charge in [0, 0.05) is 15.9 Å². The Kier molecular flexibility index (Phi) is 9.93. The predicted molar refractivity (Wildman–Crippen MR) is 142 cm³/mol. The molecule has 0 radical (unpaired) electrons. The average molecular weight is 580 g/mol. The van der Waals surface area contributed by atoms with E-state index in [0.717, 1.165) is 15.8 Å². The van der Waals surface area contributed by atoms with Crippen LogP contribution in [0.15, 0.2) is 52.6 Å². The number of aryl methyl sites for hydroxylation is 1. The number of benzene rings is 1. The van der Waals surface area contributed by atoms with E-state index in [1.54, 1.807) is 19.1 Å². The van der Waals surface area contributed by atoms with Gasteiger partial charge in [0.15, 0.2) is 17.1 Å². The van der Waals surface area contributed by atoms with Crippen molar-refractivity contribution >= 4 is 55.9 Å². The minimum absolute atomic E-state index is 0.0961. The maximum Gasteiger partial charge on any atom is 0.341 e. The van der Waals surface area contributed by atoms with Gasteiger partial charge in [-0.2, -0.15) is 0 Å². The van der Waals surface area contributed by atoms with Crippen molar-refractivity contribution in [3.63, 3.8) is 0 Å². The van der Waals surface area contributed by atoms with Crippen molar-refractivity contribution in [1.82, 2.24) is 14.8 Å². The highest BCUT2D eigenvalue weighted by Gasteiger charge is 2.22. The maximum absolute atomic E-state index is 12.7. The number of ether oxygens (including phenoxy) is 2. The summed E-state index contributed by atoms with van der Waals surface area (Å²) in [5, 5.41) is 12.5. The topological polar surface area (TPSA) is 95.3 Å². The number of halogens is 1. The second kappa shape index (κ2) is 12.9. The molecule has 1 N–H and O–H groups in total. The van der Waals surface area contributed by atoms with Crippen LogP contribution >= 0.6 is 39.0 Å². The number of rotatable bonds is 12. The number of amides is 1. The molecule has 35 heavy (non-hydrogen) atoms. The first-order chi connectivity index (χ1) is 16.9. The number of carbonyl (C=O) groups is 2. The fraction of sp³-hybridized carbons (Fsp3) is 0.333. The van der Waals surface area contributed by atoms with Crippen molar-refractivity contribution in [2.45, 2.75) is 45.0 Å². The molecular weight excluding hydrogens is 552 g/mol. The maximum atomic E-state index is 12.7. The van der Waals surface area contributed by atoms with Gasteiger partial charge >= 0.3 is 5.97 Å². The van der Waals surface area contributed by atoms with E-state index in [1.165, 1.54) is 23.1 Å². The minimum Gasteiger partial charge on any atom is -0.483 e. The summed E-state index contributed by atoms with van der Waals surface area (Å²) in [6, 6.07) is 9.31. The van der Waals surface area contributed by atoms with E-state index >= 15 is 0 Å². The van der Waals surface area contributed by atoms with Gasteiger partial charge in [-0.25, -0.2) is 4.79 Å². The highest BCUT2D eigenvalue weighted by molar-refractivity contribution is 9.10. The number of esters is 1. The Labute approximate surface area is 221 Å². The van der Waals surface area contributed by atoms with E-state index < -0.39 is 5.97 Å². The third-order valence-electron chi connectivity index (χ3n) is 4.76. The fourth-order valence-electron chi connectivity index (χ4n) is 3.14. The smallest absolute Gasteiger partial charge is 0.341 e. The molecule has 1 amide bonds. The number of hydrogen-bond donors (Lipinski definition) is 1. The van der Waals surface area contributed by atoms with Crippen LogP contribution in [-0.2, 0) is 22.5 Å². The third kappa shape index (κ3) is 7.18. The summed E-state index contributed by atoms with van der Waals surface area (Å²) in [5.74, 6) is 0.743. The van der Waals surface area contributed by atoms with Crippen molar-refractivity contribution in [1.29, 1.82) is 0 Å². The number of hydrogen-bond acceptors (Lipinski definition) is 8. The number of aromatic nitrogens is 3. The molecule has 11 heteroatoms. The quantitative estimate of drug-likeness (QED) is 0.162. The SMILES string of the molecule is C=CCn1c(SCC(=O)Nc2sc(CC)cc2C(=O)OCC)nnc1C(C)Oc1ccc(Br)cc1. The largest absolute Gasteiger partial charge is 0.483 e. The molecule has 0 spiro atoms. The minimum atomic E-state index is -0.443. The number of nitrogens with zero attached hydrogens (tertiary/aromatic N) is 3. The number of carbonyl (C=O) groups excluding carboxylic acids is 2. The van der Waals surface area contributed by atoms with Gasteiger partial charge in [0.25, 0.3) is 0 Å². The van der Waals surface area contributed by atoms with Gasteiger partial charge < -0.3 is 14.8 Å². The Morgan fingerprint density at radius 3 is 2.69 bits per heavy atom. The van der Waals surface area contributed by atoms with Crippen molar-refractivity contribution in [3.8, 4) is 5.75 Å². The van der Waals surface area contributed by atoms with Gasteiger partial charge in [-0.1, -0.05) is 40.7 Å². The molecule has 8 nitrogen and oxygen atoms in total. The van der Waals surface area contributed by atoms with E-state index in [4.69, 9.17) is 9.47 Å². The van der Waals surface area contributed by atoms with Crippen molar-refractivity contribution in [2.24, 2.45) is 0 Å². The lowest BCUT2D eigenvalue weighted by Gasteiger charge is -2.15. The standard InChI is InChI=1S/C24H27BrN4O4S2/c1-5-12-29-21(15(4)33-17-10-8-16(25)9-11-17)27-28-24(29)34-14-20(30)26-22-19(23(31)32-7-3)13-18(6-2)35-22/h5,8-11,13,15H,1,6-7,12,14H2,2-4H3,(H,26,30). The molecule has 2 heterocycles. The molecule has 186 valence electrons. The van der Waals surface area contributed by atoms with Gasteiger partial charge in [0.05, 0.1) is 17.9 Å². The molecule has 0 fully saturated rings. The summed E-state index contributed by atoms with van der Waals surface area (Å²) in [6.07, 6.45) is 2.14. The first-order valence-electron chi connectivity index (χ1n) is 11.0. The van der Waals surface area contributed by atoms with Gasteiger partial charge in [-0.3, -0.25) is 9.36 Å². The molecule has 3 aromatic rings. The van der Waals surface area contributed by atoms with Crippen LogP contribution in [0.1, 0.15) is 47.9 Å². The van der Waals surface area contributed by atoms with Crippen LogP contribution in [0.2, 0.25) is 0 Å². The number of thiophene rings is 1. The van der Waals surface area contributed by atoms with Gasteiger partial charge in [-0.05, 0) is 50.6 Å². The van der Waals surface area contributed by atoms with Gasteiger partial charge in [0.2, 0.25) is 5.91 Å². The molecule has 3 rings (SSSR count). The Hall–Kier alpha value is -2.63. The Balaban J connectivity index is 1.68. The normalized spacial score (nSPS) is 11.7. The van der Waals surface area contributed by atoms with E-state index in [2.05, 4.69) is 38.0 Å². The first kappa shape index (κ1) is 27.0. The molecule has 0 saturated carbocycles. The molecule has 0 aliphatic carbocycles. The molecule has 0 aliphatic rings. The van der Waals surface area contributed by atoms with Crippen LogP contribution in [-0.4, -0.2) is 39.0 Å². The molecule has 1 aromatic carbocycles. The van der Waals surface area contributed by atoms with Gasteiger partial charge in [0.1, 0.15) is 10.8 Å². The van der Waals surface area contributed by atoms with Crippen molar-refractivity contribution in [2.75, 3.05) is 17.7 Å². The van der Waals surface area contributed by atoms with E-state index in [9.17, 15) is 9.59 Å². The predicted octanol–water partition coefficient (Wildman–Crippen LogP) is 5.90. The molecule has 2 aromatic heterocycles. The number of nitrogens with one attached hydrogen (secondary N) is 1. The lowest BCUT2D eigenvalue weighted by molar-refractivity contribution is -0.113. The highest BCUT2D eigenvalue weighted by atomic mass is 79.9. The van der Waals surface area contributed by atoms with Crippen LogP contribution in [0.25, 0.3) is 0 Å². The van der Waals surface area contributed by atoms with Crippen LogP contribution < -0.4 is 10.1 Å². The van der Waals surface area contributed by atoms with Crippen molar-refractivity contribution < 1.29 is 19.1 Å². The number of allylic oxidation sites excluding steroid dienone is 1. The molecule has 0 bridgehead atoms. The molecular formula is C24H27BrN4O4S2. The lowest BCUT2D eigenvalue weighted by Crippen LogP contribution is -2.17. The first-order valence-corrected chi connectivity index (χ1v) is 13.6. The summed E-state index contributed by atoms with van der Waals surface area (Å²) in [5.41, 5.74) is 0.378. The molecule has 0 aliphatic heterocycles. The van der Waals surface area contributed by atoms with Crippen LogP contribution in [0.4, 0.5) is 5.00 Å². The zero-order chi connectivity index (χ0) is 25.4. The number of thioether (sulfide) groups is 1. The molecule has 1 atom stereocenters. The third-order valence-corrected chi connectivity index (χ3v) is 7.45. The lowest BCUT2D eigenvalue weighted by atomic mass is 10.2.